The minimum absolute atomic E-state index is 0.120. The molecule has 7 nitrogen and oxygen atoms in total. The van der Waals surface area contributed by atoms with Gasteiger partial charge in [-0.1, -0.05) is 24.3 Å². The number of ether oxygens (including phenoxy) is 2. The molecule has 0 aliphatic heterocycles. The van der Waals surface area contributed by atoms with E-state index in [9.17, 15) is 10.1 Å². The average molecular weight is 379 g/mol. The largest absolute Gasteiger partial charge is 0.497 e. The number of rotatable bonds is 5. The molecule has 0 bridgehead atoms. The molecule has 4 rings (SSSR count). The predicted molar refractivity (Wildman–Crippen MR) is 103 cm³/mol. The summed E-state index contributed by atoms with van der Waals surface area (Å²) in [6, 6.07) is 13.8. The third kappa shape index (κ3) is 3.18. The number of hydrogen-bond donors (Lipinski definition) is 0. The van der Waals surface area contributed by atoms with Gasteiger partial charge in [-0.25, -0.2) is 9.97 Å². The van der Waals surface area contributed by atoms with Crippen LogP contribution in [0.1, 0.15) is 0 Å². The molecular formula is C19H13N3O4S. The van der Waals surface area contributed by atoms with Crippen LogP contribution in [-0.2, 0) is 0 Å². The highest BCUT2D eigenvalue weighted by Gasteiger charge is 2.19. The van der Waals surface area contributed by atoms with E-state index in [-0.39, 0.29) is 17.3 Å². The highest BCUT2D eigenvalue weighted by atomic mass is 32.1. The molecule has 8 heteroatoms. The van der Waals surface area contributed by atoms with Crippen LogP contribution >= 0.6 is 11.3 Å². The van der Waals surface area contributed by atoms with Crippen molar-refractivity contribution in [2.75, 3.05) is 7.11 Å². The van der Waals surface area contributed by atoms with Crippen molar-refractivity contribution >= 4 is 27.2 Å². The molecule has 0 fully saturated rings. The second-order valence-corrected chi connectivity index (χ2v) is 6.42. The zero-order chi connectivity index (χ0) is 18.8. The van der Waals surface area contributed by atoms with Gasteiger partial charge in [-0.05, 0) is 23.8 Å². The molecule has 27 heavy (non-hydrogen) atoms. The number of methoxy groups -OCH3 is 1. The minimum atomic E-state index is -0.480. The summed E-state index contributed by atoms with van der Waals surface area (Å²) in [4.78, 5) is 20.0. The Morgan fingerprint density at radius 3 is 2.59 bits per heavy atom. The molecule has 2 aromatic heterocycles. The van der Waals surface area contributed by atoms with Gasteiger partial charge < -0.3 is 9.47 Å². The van der Waals surface area contributed by atoms with Crippen molar-refractivity contribution in [3.63, 3.8) is 0 Å². The van der Waals surface area contributed by atoms with Gasteiger partial charge in [0.15, 0.2) is 0 Å². The zero-order valence-corrected chi connectivity index (χ0v) is 15.0. The lowest BCUT2D eigenvalue weighted by molar-refractivity contribution is -0.385. The molecule has 0 N–H and O–H groups in total. The Hall–Kier alpha value is -3.52. The van der Waals surface area contributed by atoms with Crippen molar-refractivity contribution < 1.29 is 14.4 Å². The number of para-hydroxylation sites is 2. The van der Waals surface area contributed by atoms with Gasteiger partial charge in [0.05, 0.1) is 17.4 Å². The summed E-state index contributed by atoms with van der Waals surface area (Å²) in [5.74, 6) is 1.17. The Balaban J connectivity index is 1.82. The third-order valence-electron chi connectivity index (χ3n) is 4.01. The normalized spacial score (nSPS) is 10.7. The molecular weight excluding hydrogens is 366 g/mol. The number of aromatic nitrogens is 2. The summed E-state index contributed by atoms with van der Waals surface area (Å²) in [6.45, 7) is 0. The van der Waals surface area contributed by atoms with E-state index in [2.05, 4.69) is 9.97 Å². The number of hydrogen-bond acceptors (Lipinski definition) is 7. The maximum atomic E-state index is 11.3. The van der Waals surface area contributed by atoms with Crippen LogP contribution in [0, 0.1) is 10.1 Å². The molecule has 0 radical (unpaired) electrons. The molecule has 134 valence electrons. The van der Waals surface area contributed by atoms with Gasteiger partial charge in [0, 0.05) is 17.0 Å². The molecule has 0 amide bonds. The van der Waals surface area contributed by atoms with E-state index >= 15 is 0 Å². The molecule has 4 aromatic rings. The second kappa shape index (κ2) is 7.00. The fourth-order valence-corrected chi connectivity index (χ4v) is 3.61. The van der Waals surface area contributed by atoms with Gasteiger partial charge in [-0.15, -0.1) is 11.3 Å². The molecule has 0 aliphatic rings. The molecule has 0 saturated carbocycles. The smallest absolute Gasteiger partial charge is 0.311 e. The van der Waals surface area contributed by atoms with Crippen molar-refractivity contribution in [1.29, 1.82) is 0 Å². The van der Waals surface area contributed by atoms with Crippen molar-refractivity contribution in [2.24, 2.45) is 0 Å². The summed E-state index contributed by atoms with van der Waals surface area (Å²) >= 11 is 1.46. The van der Waals surface area contributed by atoms with E-state index in [0.717, 1.165) is 21.7 Å². The molecule has 0 saturated heterocycles. The quantitative estimate of drug-likeness (QED) is 0.355. The Labute approximate surface area is 158 Å². The molecule has 2 heterocycles. The highest BCUT2D eigenvalue weighted by molar-refractivity contribution is 7.17. The molecule has 0 spiro atoms. The van der Waals surface area contributed by atoms with Gasteiger partial charge in [0.25, 0.3) is 0 Å². The lowest BCUT2D eigenvalue weighted by Gasteiger charge is -2.08. The summed E-state index contributed by atoms with van der Waals surface area (Å²) < 4.78 is 11.0. The third-order valence-corrected chi connectivity index (χ3v) is 4.89. The van der Waals surface area contributed by atoms with Gasteiger partial charge in [0.2, 0.25) is 11.6 Å². The number of fused-ring (bicyclic) bond motifs is 1. The summed E-state index contributed by atoms with van der Waals surface area (Å²) in [6.07, 6.45) is 1.39. The van der Waals surface area contributed by atoms with Crippen molar-refractivity contribution in [1.82, 2.24) is 9.97 Å². The lowest BCUT2D eigenvalue weighted by Crippen LogP contribution is -1.95. The van der Waals surface area contributed by atoms with E-state index < -0.39 is 4.92 Å². The molecule has 2 aromatic carbocycles. The molecule has 0 atom stereocenters. The van der Waals surface area contributed by atoms with Crippen LogP contribution < -0.4 is 9.47 Å². The van der Waals surface area contributed by atoms with E-state index in [1.54, 1.807) is 25.3 Å². The fraction of sp³-hybridized carbons (Fsp3) is 0.0526. The molecule has 0 unspecified atom stereocenters. The first-order chi connectivity index (χ1) is 13.2. The maximum Gasteiger partial charge on any atom is 0.311 e. The summed E-state index contributed by atoms with van der Waals surface area (Å²) in [5.41, 5.74) is 1.72. The SMILES string of the molecule is COc1ccc(-c2csc3ncnc(Oc4ccccc4[N+](=O)[O-])c23)cc1. The van der Waals surface area contributed by atoms with Crippen LogP contribution in [0.15, 0.2) is 60.2 Å². The van der Waals surface area contributed by atoms with Crippen molar-refractivity contribution in [3.8, 4) is 28.5 Å². The Kier molecular flexibility index (Phi) is 4.39. The average Bonchev–Trinajstić information content (AvgIpc) is 3.13. The standard InChI is InChI=1S/C19H13N3O4S/c1-25-13-8-6-12(7-9-13)14-10-27-19-17(14)18(20-11-21-19)26-16-5-3-2-4-15(16)22(23)24/h2-11H,1H3. The number of nitro groups is 1. The van der Waals surface area contributed by atoms with Crippen molar-refractivity contribution in [3.05, 3.63) is 70.4 Å². The van der Waals surface area contributed by atoms with E-state index in [4.69, 9.17) is 9.47 Å². The maximum absolute atomic E-state index is 11.3. The number of nitrogens with zero attached hydrogens (tertiary/aromatic N) is 3. The zero-order valence-electron chi connectivity index (χ0n) is 14.2. The van der Waals surface area contributed by atoms with Crippen LogP contribution in [0.2, 0.25) is 0 Å². The number of benzene rings is 2. The van der Waals surface area contributed by atoms with Gasteiger partial charge in [-0.2, -0.15) is 0 Å². The van der Waals surface area contributed by atoms with E-state index in [1.165, 1.54) is 23.7 Å². The monoisotopic (exact) mass is 379 g/mol. The first kappa shape index (κ1) is 16.9. The first-order valence-electron chi connectivity index (χ1n) is 7.95. The number of thiophene rings is 1. The van der Waals surface area contributed by atoms with E-state index in [1.807, 2.05) is 29.6 Å². The lowest BCUT2D eigenvalue weighted by atomic mass is 10.1. The van der Waals surface area contributed by atoms with Crippen LogP contribution in [0.4, 0.5) is 5.69 Å². The number of nitro benzene ring substituents is 1. The van der Waals surface area contributed by atoms with Gasteiger partial charge in [-0.3, -0.25) is 10.1 Å². The van der Waals surface area contributed by atoms with Crippen LogP contribution in [0.3, 0.4) is 0 Å². The molecule has 0 aliphatic carbocycles. The Morgan fingerprint density at radius 1 is 1.07 bits per heavy atom. The minimum Gasteiger partial charge on any atom is -0.497 e. The second-order valence-electron chi connectivity index (χ2n) is 5.56. The van der Waals surface area contributed by atoms with Crippen LogP contribution in [0.25, 0.3) is 21.3 Å². The van der Waals surface area contributed by atoms with Crippen molar-refractivity contribution in [2.45, 2.75) is 0 Å². The van der Waals surface area contributed by atoms with Crippen LogP contribution in [0.5, 0.6) is 17.4 Å². The van der Waals surface area contributed by atoms with Gasteiger partial charge in [0.1, 0.15) is 16.9 Å². The first-order valence-corrected chi connectivity index (χ1v) is 8.83. The van der Waals surface area contributed by atoms with Gasteiger partial charge >= 0.3 is 5.69 Å². The predicted octanol–water partition coefficient (Wildman–Crippen LogP) is 5.07. The van der Waals surface area contributed by atoms with E-state index in [0.29, 0.717) is 5.39 Å². The summed E-state index contributed by atoms with van der Waals surface area (Å²) in [5, 5.41) is 13.9. The highest BCUT2D eigenvalue weighted by Crippen LogP contribution is 2.40. The fourth-order valence-electron chi connectivity index (χ4n) is 2.71. The Morgan fingerprint density at radius 2 is 1.85 bits per heavy atom. The topological polar surface area (TPSA) is 87.4 Å². The summed E-state index contributed by atoms with van der Waals surface area (Å²) in [7, 11) is 1.61. The Bertz CT molecular complexity index is 1130. The van der Waals surface area contributed by atoms with Crippen LogP contribution in [-0.4, -0.2) is 22.0 Å².